The molecule has 0 radical (unpaired) electrons. The van der Waals surface area contributed by atoms with E-state index in [9.17, 15) is 9.18 Å². The third kappa shape index (κ3) is 2.74. The Bertz CT molecular complexity index is 483. The Hall–Kier alpha value is -0.490. The number of likely N-dealkylation sites (N-methyl/N-ethyl adjacent to an activating group) is 1. The van der Waals surface area contributed by atoms with Gasteiger partial charge in [-0.3, -0.25) is 4.79 Å². The lowest BCUT2D eigenvalue weighted by atomic mass is 10.0. The summed E-state index contributed by atoms with van der Waals surface area (Å²) in [5, 5.41) is -0.0787. The minimum Gasteiger partial charge on any atom is -0.367 e. The molecule has 1 aliphatic heterocycles. The molecule has 1 atom stereocenters. The minimum absolute atomic E-state index is 0.0245. The lowest BCUT2D eigenvalue weighted by molar-refractivity contribution is -0.00883. The van der Waals surface area contributed by atoms with E-state index in [-0.39, 0.29) is 16.4 Å². The van der Waals surface area contributed by atoms with Crippen molar-refractivity contribution in [3.63, 3.8) is 0 Å². The molecule has 1 aromatic carbocycles. The second-order valence-electron chi connectivity index (χ2n) is 4.21. The zero-order valence-electron chi connectivity index (χ0n) is 9.75. The Morgan fingerprint density at radius 1 is 1.61 bits per heavy atom. The van der Waals surface area contributed by atoms with Crippen LogP contribution in [0.2, 0.25) is 5.02 Å². The van der Waals surface area contributed by atoms with Crippen molar-refractivity contribution in [3.8, 4) is 0 Å². The first-order valence-electron chi connectivity index (χ1n) is 5.48. The fraction of sp³-hybridized carbons (Fsp3) is 0.417. The van der Waals surface area contributed by atoms with Crippen LogP contribution in [0, 0.1) is 5.82 Å². The molecule has 98 valence electrons. The molecule has 1 aromatic rings. The van der Waals surface area contributed by atoms with E-state index in [1.807, 2.05) is 11.9 Å². The Morgan fingerprint density at radius 3 is 3.00 bits per heavy atom. The van der Waals surface area contributed by atoms with Gasteiger partial charge >= 0.3 is 0 Å². The normalized spacial score (nSPS) is 21.0. The highest BCUT2D eigenvalue weighted by Crippen LogP contribution is 2.28. The van der Waals surface area contributed by atoms with Gasteiger partial charge in [0.1, 0.15) is 6.10 Å². The predicted octanol–water partition coefficient (Wildman–Crippen LogP) is 2.75. The van der Waals surface area contributed by atoms with Crippen LogP contribution < -0.4 is 0 Å². The number of Topliss-reactive ketones (excluding diaryl/α,β-unsaturated/α-hetero) is 1. The Labute approximate surface area is 118 Å². The van der Waals surface area contributed by atoms with Gasteiger partial charge in [-0.2, -0.15) is 0 Å². The molecule has 1 heterocycles. The third-order valence-electron chi connectivity index (χ3n) is 2.86. The molecule has 0 aliphatic carbocycles. The first kappa shape index (κ1) is 13.9. The molecular weight excluding hydrogens is 324 g/mol. The van der Waals surface area contributed by atoms with Crippen LogP contribution in [0.25, 0.3) is 0 Å². The third-order valence-corrected chi connectivity index (χ3v) is 4.12. The average molecular weight is 337 g/mol. The highest BCUT2D eigenvalue weighted by atomic mass is 79.9. The quantitative estimate of drug-likeness (QED) is 0.614. The first-order chi connectivity index (χ1) is 8.50. The largest absolute Gasteiger partial charge is 0.367 e. The van der Waals surface area contributed by atoms with Crippen molar-refractivity contribution in [1.29, 1.82) is 0 Å². The summed E-state index contributed by atoms with van der Waals surface area (Å²) in [6.07, 6.45) is -0.629. The number of rotatable bonds is 2. The summed E-state index contributed by atoms with van der Waals surface area (Å²) >= 11 is 8.88. The monoisotopic (exact) mass is 335 g/mol. The molecule has 1 aliphatic rings. The van der Waals surface area contributed by atoms with Crippen molar-refractivity contribution in [2.45, 2.75) is 6.10 Å². The van der Waals surface area contributed by atoms with Crippen molar-refractivity contribution in [2.75, 3.05) is 26.7 Å². The van der Waals surface area contributed by atoms with Gasteiger partial charge < -0.3 is 9.64 Å². The van der Waals surface area contributed by atoms with Gasteiger partial charge in [0.25, 0.3) is 0 Å². The number of morpholine rings is 1. The molecule has 0 amide bonds. The maximum absolute atomic E-state index is 13.9. The van der Waals surface area contributed by atoms with E-state index in [1.165, 1.54) is 6.07 Å². The molecule has 1 unspecified atom stereocenters. The van der Waals surface area contributed by atoms with Crippen LogP contribution in [-0.2, 0) is 4.74 Å². The zero-order chi connectivity index (χ0) is 13.3. The van der Waals surface area contributed by atoms with Gasteiger partial charge in [-0.1, -0.05) is 11.6 Å². The molecule has 0 bridgehead atoms. The zero-order valence-corrected chi connectivity index (χ0v) is 12.1. The van der Waals surface area contributed by atoms with Gasteiger partial charge in [0.2, 0.25) is 0 Å². The second-order valence-corrected chi connectivity index (χ2v) is 5.44. The van der Waals surface area contributed by atoms with Gasteiger partial charge in [0, 0.05) is 17.6 Å². The number of nitrogens with zero attached hydrogens (tertiary/aromatic N) is 1. The highest BCUT2D eigenvalue weighted by Gasteiger charge is 2.28. The van der Waals surface area contributed by atoms with Crippen molar-refractivity contribution < 1.29 is 13.9 Å². The minimum atomic E-state index is -0.701. The van der Waals surface area contributed by atoms with E-state index < -0.39 is 11.9 Å². The number of hydrogen-bond donors (Lipinski definition) is 0. The molecule has 1 saturated heterocycles. The van der Waals surface area contributed by atoms with Gasteiger partial charge in [-0.05, 0) is 35.1 Å². The van der Waals surface area contributed by atoms with Crippen molar-refractivity contribution in [3.05, 3.63) is 33.0 Å². The summed E-state index contributed by atoms with van der Waals surface area (Å²) in [6.45, 7) is 1.71. The molecule has 3 nitrogen and oxygen atoms in total. The molecule has 0 saturated carbocycles. The van der Waals surface area contributed by atoms with Crippen LogP contribution in [-0.4, -0.2) is 43.5 Å². The van der Waals surface area contributed by atoms with Gasteiger partial charge in [-0.15, -0.1) is 0 Å². The van der Waals surface area contributed by atoms with E-state index in [0.29, 0.717) is 17.6 Å². The topological polar surface area (TPSA) is 29.5 Å². The van der Waals surface area contributed by atoms with E-state index in [2.05, 4.69) is 15.9 Å². The predicted molar refractivity (Wildman–Crippen MR) is 70.7 cm³/mol. The molecule has 18 heavy (non-hydrogen) atoms. The number of carbonyl (C=O) groups excluding carboxylic acids is 1. The number of halogens is 3. The molecule has 0 N–H and O–H groups in total. The van der Waals surface area contributed by atoms with Crippen LogP contribution in [0.4, 0.5) is 4.39 Å². The van der Waals surface area contributed by atoms with E-state index >= 15 is 0 Å². The van der Waals surface area contributed by atoms with Crippen LogP contribution >= 0.6 is 27.5 Å². The summed E-state index contributed by atoms with van der Waals surface area (Å²) in [5.74, 6) is -1.07. The van der Waals surface area contributed by atoms with Crippen LogP contribution in [0.15, 0.2) is 16.6 Å². The lowest BCUT2D eigenvalue weighted by Gasteiger charge is -2.29. The molecule has 1 fully saturated rings. The Kier molecular flexibility index (Phi) is 4.37. The van der Waals surface area contributed by atoms with Crippen molar-refractivity contribution in [1.82, 2.24) is 4.90 Å². The second kappa shape index (κ2) is 5.65. The van der Waals surface area contributed by atoms with Gasteiger partial charge in [0.05, 0.1) is 17.2 Å². The number of hydrogen-bond acceptors (Lipinski definition) is 3. The maximum Gasteiger partial charge on any atom is 0.195 e. The summed E-state index contributed by atoms with van der Waals surface area (Å²) < 4.78 is 19.7. The van der Waals surface area contributed by atoms with Crippen molar-refractivity contribution >= 4 is 33.3 Å². The maximum atomic E-state index is 13.9. The average Bonchev–Trinajstić information content (AvgIpc) is 2.35. The summed E-state index contributed by atoms with van der Waals surface area (Å²) in [4.78, 5) is 14.1. The standard InChI is InChI=1S/C12H12BrClFNO2/c1-16-4-5-18-9(6-16)12(17)7-2-3-8(13)10(14)11(7)15/h2-3,9H,4-6H2,1H3. The number of benzene rings is 1. The highest BCUT2D eigenvalue weighted by molar-refractivity contribution is 9.10. The smallest absolute Gasteiger partial charge is 0.195 e. The number of carbonyl (C=O) groups is 1. The van der Waals surface area contributed by atoms with Crippen LogP contribution in [0.3, 0.4) is 0 Å². The molecule has 6 heteroatoms. The molecule has 2 rings (SSSR count). The lowest BCUT2D eigenvalue weighted by Crippen LogP contribution is -2.44. The summed E-state index contributed by atoms with van der Waals surface area (Å²) in [5.41, 5.74) is -0.0245. The number of ether oxygens (including phenoxy) is 1. The number of ketones is 1. The fourth-order valence-corrected chi connectivity index (χ4v) is 2.30. The molecule has 0 spiro atoms. The Morgan fingerprint density at radius 2 is 2.33 bits per heavy atom. The first-order valence-corrected chi connectivity index (χ1v) is 6.65. The van der Waals surface area contributed by atoms with E-state index in [4.69, 9.17) is 16.3 Å². The fourth-order valence-electron chi connectivity index (χ4n) is 1.83. The molecular formula is C12H12BrClFNO2. The summed E-state index contributed by atoms with van der Waals surface area (Å²) in [7, 11) is 1.90. The summed E-state index contributed by atoms with van der Waals surface area (Å²) in [6, 6.07) is 2.98. The van der Waals surface area contributed by atoms with Gasteiger partial charge in [0.15, 0.2) is 11.6 Å². The van der Waals surface area contributed by atoms with E-state index in [1.54, 1.807) is 6.07 Å². The van der Waals surface area contributed by atoms with Crippen LogP contribution in [0.5, 0.6) is 0 Å². The van der Waals surface area contributed by atoms with Gasteiger partial charge in [-0.25, -0.2) is 4.39 Å². The van der Waals surface area contributed by atoms with E-state index in [0.717, 1.165) is 6.54 Å². The SMILES string of the molecule is CN1CCOC(C(=O)c2ccc(Br)c(Cl)c2F)C1. The van der Waals surface area contributed by atoms with Crippen molar-refractivity contribution in [2.24, 2.45) is 0 Å². The Balaban J connectivity index is 2.26. The molecule has 0 aromatic heterocycles. The van der Waals surface area contributed by atoms with Crippen LogP contribution in [0.1, 0.15) is 10.4 Å².